The number of imidazole rings is 1. The summed E-state index contributed by atoms with van der Waals surface area (Å²) in [6.45, 7) is 6.16. The number of amides is 1. The zero-order valence-corrected chi connectivity index (χ0v) is 16.6. The van der Waals surface area contributed by atoms with Crippen molar-refractivity contribution in [3.8, 4) is 0 Å². The van der Waals surface area contributed by atoms with Crippen molar-refractivity contribution in [2.75, 3.05) is 13.2 Å². The lowest BCUT2D eigenvalue weighted by Crippen LogP contribution is -2.38. The third-order valence-corrected chi connectivity index (χ3v) is 5.40. The Bertz CT molecular complexity index is 973. The van der Waals surface area contributed by atoms with Gasteiger partial charge in [-0.1, -0.05) is 35.9 Å². The lowest BCUT2D eigenvalue weighted by molar-refractivity contribution is -0.132. The Kier molecular flexibility index (Phi) is 5.44. The standard InChI is InChI=1S/C23H27N3O2/c1-17-6-3-8-19(12-17)15-25(16-21-9-5-11-28-21)22(27)13-20-14-24-23-18(2)7-4-10-26(20)23/h3-4,6-8,10,12,14,21H,5,9,11,13,15-16H2,1-2H3/t21-/m0/s1. The minimum Gasteiger partial charge on any atom is -0.376 e. The topological polar surface area (TPSA) is 46.8 Å². The monoisotopic (exact) mass is 377 g/mol. The molecular weight excluding hydrogens is 350 g/mol. The molecular formula is C23H27N3O2. The molecule has 28 heavy (non-hydrogen) atoms. The molecule has 1 amide bonds. The zero-order valence-electron chi connectivity index (χ0n) is 16.6. The fraction of sp³-hybridized carbons (Fsp3) is 0.391. The van der Waals surface area contributed by atoms with Crippen molar-refractivity contribution in [1.82, 2.24) is 14.3 Å². The molecule has 0 unspecified atom stereocenters. The first-order valence-electron chi connectivity index (χ1n) is 9.96. The highest BCUT2D eigenvalue weighted by atomic mass is 16.5. The van der Waals surface area contributed by atoms with Crippen molar-refractivity contribution in [2.45, 2.75) is 45.8 Å². The molecule has 5 nitrogen and oxygen atoms in total. The van der Waals surface area contributed by atoms with Crippen molar-refractivity contribution < 1.29 is 9.53 Å². The summed E-state index contributed by atoms with van der Waals surface area (Å²) in [4.78, 5) is 19.7. The van der Waals surface area contributed by atoms with Crippen LogP contribution in [0, 0.1) is 13.8 Å². The van der Waals surface area contributed by atoms with E-state index in [-0.39, 0.29) is 12.0 Å². The number of nitrogens with zero attached hydrogens (tertiary/aromatic N) is 3. The van der Waals surface area contributed by atoms with E-state index in [4.69, 9.17) is 4.74 Å². The quantitative estimate of drug-likeness (QED) is 0.658. The van der Waals surface area contributed by atoms with Gasteiger partial charge in [0.1, 0.15) is 5.65 Å². The van der Waals surface area contributed by atoms with Gasteiger partial charge in [0.2, 0.25) is 5.91 Å². The molecule has 5 heteroatoms. The van der Waals surface area contributed by atoms with E-state index in [1.165, 1.54) is 5.56 Å². The third kappa shape index (κ3) is 4.09. The molecule has 3 heterocycles. The number of aromatic nitrogens is 2. The van der Waals surface area contributed by atoms with Gasteiger partial charge in [0.25, 0.3) is 0 Å². The summed E-state index contributed by atoms with van der Waals surface area (Å²) in [7, 11) is 0. The number of hydrogen-bond acceptors (Lipinski definition) is 3. The normalized spacial score (nSPS) is 16.6. The van der Waals surface area contributed by atoms with Crippen LogP contribution in [0.15, 0.2) is 48.8 Å². The van der Waals surface area contributed by atoms with Gasteiger partial charge in [-0.15, -0.1) is 0 Å². The number of pyridine rings is 1. The largest absolute Gasteiger partial charge is 0.376 e. The zero-order chi connectivity index (χ0) is 19.5. The van der Waals surface area contributed by atoms with Crippen LogP contribution in [0.5, 0.6) is 0 Å². The molecule has 0 spiro atoms. The minimum atomic E-state index is 0.111. The Morgan fingerprint density at radius 1 is 1.29 bits per heavy atom. The van der Waals surface area contributed by atoms with Gasteiger partial charge in [-0.25, -0.2) is 4.98 Å². The van der Waals surface area contributed by atoms with Crippen LogP contribution in [0.3, 0.4) is 0 Å². The van der Waals surface area contributed by atoms with E-state index >= 15 is 0 Å². The van der Waals surface area contributed by atoms with Crippen molar-refractivity contribution in [3.05, 3.63) is 71.2 Å². The van der Waals surface area contributed by atoms with Crippen molar-refractivity contribution >= 4 is 11.6 Å². The van der Waals surface area contributed by atoms with Gasteiger partial charge in [0, 0.05) is 32.1 Å². The first-order valence-corrected chi connectivity index (χ1v) is 9.96. The van der Waals surface area contributed by atoms with Gasteiger partial charge in [-0.05, 0) is 43.9 Å². The van der Waals surface area contributed by atoms with Gasteiger partial charge in [-0.3, -0.25) is 4.79 Å². The Hall–Kier alpha value is -2.66. The van der Waals surface area contributed by atoms with Gasteiger partial charge < -0.3 is 14.0 Å². The highest BCUT2D eigenvalue weighted by molar-refractivity contribution is 5.78. The van der Waals surface area contributed by atoms with E-state index in [0.29, 0.717) is 19.5 Å². The Morgan fingerprint density at radius 3 is 2.96 bits per heavy atom. The number of rotatable bonds is 6. The van der Waals surface area contributed by atoms with E-state index in [0.717, 1.165) is 41.9 Å². The van der Waals surface area contributed by atoms with E-state index in [1.54, 1.807) is 0 Å². The smallest absolute Gasteiger partial charge is 0.228 e. The first-order chi connectivity index (χ1) is 13.6. The summed E-state index contributed by atoms with van der Waals surface area (Å²) < 4.78 is 7.82. The van der Waals surface area contributed by atoms with E-state index < -0.39 is 0 Å². The van der Waals surface area contributed by atoms with E-state index in [9.17, 15) is 4.79 Å². The highest BCUT2D eigenvalue weighted by Crippen LogP contribution is 2.18. The SMILES string of the molecule is Cc1cccc(CN(C[C@@H]2CCCO2)C(=O)Cc2cnc3c(C)cccn23)c1. The second-order valence-corrected chi connectivity index (χ2v) is 7.71. The summed E-state index contributed by atoms with van der Waals surface area (Å²) in [6, 6.07) is 12.4. The molecule has 4 rings (SSSR count). The summed E-state index contributed by atoms with van der Waals surface area (Å²) in [6.07, 6.45) is 6.36. The van der Waals surface area contributed by atoms with Gasteiger partial charge >= 0.3 is 0 Å². The number of carbonyl (C=O) groups is 1. The summed E-state index contributed by atoms with van der Waals surface area (Å²) in [5, 5.41) is 0. The van der Waals surface area contributed by atoms with Crippen LogP contribution in [0.2, 0.25) is 0 Å². The summed E-state index contributed by atoms with van der Waals surface area (Å²) >= 11 is 0. The third-order valence-electron chi connectivity index (χ3n) is 5.40. The maximum absolute atomic E-state index is 13.2. The van der Waals surface area contributed by atoms with Crippen molar-refractivity contribution in [2.24, 2.45) is 0 Å². The van der Waals surface area contributed by atoms with Gasteiger partial charge in [0.15, 0.2) is 0 Å². The van der Waals surface area contributed by atoms with Crippen molar-refractivity contribution in [3.63, 3.8) is 0 Å². The van der Waals surface area contributed by atoms with Gasteiger partial charge in [0.05, 0.1) is 18.2 Å². The molecule has 1 fully saturated rings. The van der Waals surface area contributed by atoms with Crippen LogP contribution in [-0.2, 0) is 22.5 Å². The molecule has 1 aliphatic rings. The molecule has 2 aromatic heterocycles. The molecule has 0 aliphatic carbocycles. The minimum absolute atomic E-state index is 0.111. The Balaban J connectivity index is 1.55. The highest BCUT2D eigenvalue weighted by Gasteiger charge is 2.23. The van der Waals surface area contributed by atoms with Crippen LogP contribution in [-0.4, -0.2) is 39.4 Å². The van der Waals surface area contributed by atoms with E-state index in [1.807, 2.05) is 46.8 Å². The number of ether oxygens (including phenoxy) is 1. The second kappa shape index (κ2) is 8.15. The summed E-state index contributed by atoms with van der Waals surface area (Å²) in [5.41, 5.74) is 5.30. The fourth-order valence-electron chi connectivity index (χ4n) is 3.92. The molecule has 1 atom stereocenters. The van der Waals surface area contributed by atoms with Gasteiger partial charge in [-0.2, -0.15) is 0 Å². The van der Waals surface area contributed by atoms with Crippen LogP contribution < -0.4 is 0 Å². The molecule has 0 saturated carbocycles. The lowest BCUT2D eigenvalue weighted by Gasteiger charge is -2.26. The fourth-order valence-corrected chi connectivity index (χ4v) is 3.92. The first kappa shape index (κ1) is 18.7. The maximum Gasteiger partial charge on any atom is 0.228 e. The predicted molar refractivity (Wildman–Crippen MR) is 109 cm³/mol. The molecule has 1 saturated heterocycles. The number of benzene rings is 1. The number of carbonyl (C=O) groups excluding carboxylic acids is 1. The van der Waals surface area contributed by atoms with Crippen LogP contribution in [0.1, 0.15) is 35.2 Å². The van der Waals surface area contributed by atoms with E-state index in [2.05, 4.69) is 30.1 Å². The molecule has 0 radical (unpaired) electrons. The predicted octanol–water partition coefficient (Wildman–Crippen LogP) is 3.70. The number of hydrogen-bond donors (Lipinski definition) is 0. The average Bonchev–Trinajstić information content (AvgIpc) is 3.32. The summed E-state index contributed by atoms with van der Waals surface area (Å²) in [5.74, 6) is 0.111. The maximum atomic E-state index is 13.2. The number of aryl methyl sites for hydroxylation is 2. The molecule has 146 valence electrons. The number of fused-ring (bicyclic) bond motifs is 1. The lowest BCUT2D eigenvalue weighted by atomic mass is 10.1. The molecule has 0 N–H and O–H groups in total. The molecule has 0 bridgehead atoms. The van der Waals surface area contributed by atoms with Crippen LogP contribution >= 0.6 is 0 Å². The Labute approximate surface area is 166 Å². The molecule has 1 aliphatic heterocycles. The molecule has 1 aromatic carbocycles. The second-order valence-electron chi connectivity index (χ2n) is 7.71. The Morgan fingerprint density at radius 2 is 2.18 bits per heavy atom. The van der Waals surface area contributed by atoms with Crippen LogP contribution in [0.4, 0.5) is 0 Å². The van der Waals surface area contributed by atoms with Crippen LogP contribution in [0.25, 0.3) is 5.65 Å². The average molecular weight is 377 g/mol. The molecule has 3 aromatic rings. The van der Waals surface area contributed by atoms with Crippen molar-refractivity contribution in [1.29, 1.82) is 0 Å².